The number of nitrogens with one attached hydrogen (secondary N) is 1. The number of halogens is 1. The van der Waals surface area contributed by atoms with Crippen LogP contribution in [0.5, 0.6) is 0 Å². The van der Waals surface area contributed by atoms with Gasteiger partial charge in [0.05, 0.1) is 10.6 Å². The third-order valence-corrected chi connectivity index (χ3v) is 4.72. The van der Waals surface area contributed by atoms with Gasteiger partial charge in [0, 0.05) is 28.4 Å². The van der Waals surface area contributed by atoms with Crippen LogP contribution in [0.15, 0.2) is 72.8 Å². The average molecular weight is 434 g/mol. The van der Waals surface area contributed by atoms with E-state index >= 15 is 0 Å². The number of rotatable bonds is 5. The van der Waals surface area contributed by atoms with Crippen molar-refractivity contribution in [3.8, 4) is 17.1 Å². The molecule has 1 N–H and O–H groups in total. The van der Waals surface area contributed by atoms with Gasteiger partial charge in [-0.05, 0) is 43.3 Å². The van der Waals surface area contributed by atoms with Crippen LogP contribution in [0.25, 0.3) is 17.1 Å². The lowest BCUT2D eigenvalue weighted by atomic mass is 10.1. The number of nitro benzene ring substituents is 1. The van der Waals surface area contributed by atoms with E-state index in [1.807, 2.05) is 31.2 Å². The van der Waals surface area contributed by atoms with Crippen molar-refractivity contribution in [2.45, 2.75) is 6.92 Å². The number of benzene rings is 3. The van der Waals surface area contributed by atoms with Crippen molar-refractivity contribution in [1.29, 1.82) is 0 Å². The molecule has 0 bridgehead atoms. The highest BCUT2D eigenvalue weighted by Crippen LogP contribution is 2.24. The van der Waals surface area contributed by atoms with Crippen molar-refractivity contribution in [2.24, 2.45) is 0 Å². The van der Waals surface area contributed by atoms with Crippen LogP contribution >= 0.6 is 11.6 Å². The Morgan fingerprint density at radius 1 is 1.06 bits per heavy atom. The maximum absolute atomic E-state index is 12.8. The summed E-state index contributed by atoms with van der Waals surface area (Å²) in [5, 5.41) is 18.6. The van der Waals surface area contributed by atoms with Crippen molar-refractivity contribution in [2.75, 3.05) is 5.32 Å². The quantitative estimate of drug-likeness (QED) is 0.350. The highest BCUT2D eigenvalue weighted by molar-refractivity contribution is 6.30. The normalized spacial score (nSPS) is 10.6. The Labute approximate surface area is 182 Å². The van der Waals surface area contributed by atoms with Crippen LogP contribution < -0.4 is 5.32 Å². The molecule has 31 heavy (non-hydrogen) atoms. The van der Waals surface area contributed by atoms with Gasteiger partial charge in [-0.25, -0.2) is 9.67 Å². The van der Waals surface area contributed by atoms with E-state index in [-0.39, 0.29) is 17.2 Å². The Kier molecular flexibility index (Phi) is 5.46. The van der Waals surface area contributed by atoms with Crippen LogP contribution in [0.4, 0.5) is 11.4 Å². The molecule has 1 heterocycles. The van der Waals surface area contributed by atoms with E-state index in [1.165, 1.54) is 18.2 Å². The molecular weight excluding hydrogens is 418 g/mol. The van der Waals surface area contributed by atoms with Crippen LogP contribution in [0, 0.1) is 17.0 Å². The predicted octanol–water partition coefficient (Wildman–Crippen LogP) is 5.06. The predicted molar refractivity (Wildman–Crippen MR) is 118 cm³/mol. The number of hydrogen-bond acceptors (Lipinski definition) is 5. The van der Waals surface area contributed by atoms with Gasteiger partial charge in [0.2, 0.25) is 5.82 Å². The summed E-state index contributed by atoms with van der Waals surface area (Å²) >= 11 is 6.00. The summed E-state index contributed by atoms with van der Waals surface area (Å²) in [5.74, 6) is -0.171. The minimum absolute atomic E-state index is 0.0713. The first-order valence-electron chi connectivity index (χ1n) is 9.26. The molecule has 0 unspecified atom stereocenters. The fourth-order valence-corrected chi connectivity index (χ4v) is 3.15. The van der Waals surface area contributed by atoms with E-state index in [0.717, 1.165) is 11.1 Å². The van der Waals surface area contributed by atoms with E-state index in [2.05, 4.69) is 15.4 Å². The monoisotopic (exact) mass is 433 g/mol. The Balaban J connectivity index is 1.74. The second kappa shape index (κ2) is 8.37. The van der Waals surface area contributed by atoms with Gasteiger partial charge in [-0.1, -0.05) is 41.4 Å². The molecule has 4 aromatic rings. The summed E-state index contributed by atoms with van der Waals surface area (Å²) in [7, 11) is 0. The van der Waals surface area contributed by atoms with Crippen molar-refractivity contribution >= 4 is 28.9 Å². The topological polar surface area (TPSA) is 103 Å². The zero-order valence-corrected chi connectivity index (χ0v) is 17.1. The molecule has 0 spiro atoms. The third-order valence-electron chi connectivity index (χ3n) is 4.47. The largest absolute Gasteiger partial charge is 0.319 e. The van der Waals surface area contributed by atoms with Gasteiger partial charge in [-0.3, -0.25) is 14.9 Å². The van der Waals surface area contributed by atoms with Gasteiger partial charge in [0.1, 0.15) is 0 Å². The van der Waals surface area contributed by atoms with Gasteiger partial charge in [-0.2, -0.15) is 0 Å². The lowest BCUT2D eigenvalue weighted by Gasteiger charge is -2.06. The van der Waals surface area contributed by atoms with Crippen LogP contribution in [0.1, 0.15) is 16.2 Å². The average Bonchev–Trinajstić information content (AvgIpc) is 3.20. The fraction of sp³-hybridized carbons (Fsp3) is 0.0455. The van der Waals surface area contributed by atoms with Gasteiger partial charge < -0.3 is 5.32 Å². The highest BCUT2D eigenvalue weighted by atomic mass is 35.5. The minimum Gasteiger partial charge on any atom is -0.319 e. The number of aryl methyl sites for hydroxylation is 1. The first kappa shape index (κ1) is 20.2. The highest BCUT2D eigenvalue weighted by Gasteiger charge is 2.20. The SMILES string of the molecule is Cc1cccc(-c2nc(C(=O)Nc3cccc([N+](=O)[O-])c3)nn2-c2ccc(Cl)cc2)c1. The number of nitrogens with zero attached hydrogens (tertiary/aromatic N) is 4. The molecule has 0 radical (unpaired) electrons. The Morgan fingerprint density at radius 2 is 1.81 bits per heavy atom. The summed E-state index contributed by atoms with van der Waals surface area (Å²) in [6, 6.07) is 20.4. The van der Waals surface area contributed by atoms with Gasteiger partial charge in [0.15, 0.2) is 5.82 Å². The van der Waals surface area contributed by atoms with Crippen molar-refractivity contribution in [1.82, 2.24) is 14.8 Å². The summed E-state index contributed by atoms with van der Waals surface area (Å²) in [4.78, 5) is 27.7. The molecule has 154 valence electrons. The van der Waals surface area contributed by atoms with Crippen molar-refractivity contribution in [3.63, 3.8) is 0 Å². The van der Waals surface area contributed by atoms with E-state index in [1.54, 1.807) is 35.0 Å². The lowest BCUT2D eigenvalue weighted by Crippen LogP contribution is -2.14. The molecular formula is C22H16ClN5O3. The van der Waals surface area contributed by atoms with Gasteiger partial charge in [-0.15, -0.1) is 5.10 Å². The molecule has 0 fully saturated rings. The van der Waals surface area contributed by atoms with Gasteiger partial charge >= 0.3 is 0 Å². The molecule has 1 aromatic heterocycles. The standard InChI is InChI=1S/C22H16ClN5O3/c1-14-4-2-5-15(12-14)21-25-20(26-27(21)18-10-8-16(23)9-11-18)22(29)24-17-6-3-7-19(13-17)28(30)31/h2-13H,1H3,(H,24,29). The summed E-state index contributed by atoms with van der Waals surface area (Å²) in [6.45, 7) is 1.96. The molecule has 0 saturated heterocycles. The summed E-state index contributed by atoms with van der Waals surface area (Å²) < 4.78 is 1.56. The molecule has 8 nitrogen and oxygen atoms in total. The fourth-order valence-electron chi connectivity index (χ4n) is 3.03. The maximum atomic E-state index is 12.8. The minimum atomic E-state index is -0.581. The maximum Gasteiger partial charge on any atom is 0.295 e. The molecule has 3 aromatic carbocycles. The zero-order chi connectivity index (χ0) is 22.0. The van der Waals surface area contributed by atoms with E-state index in [9.17, 15) is 14.9 Å². The zero-order valence-electron chi connectivity index (χ0n) is 16.3. The first-order valence-corrected chi connectivity index (χ1v) is 9.64. The Morgan fingerprint density at radius 3 is 2.52 bits per heavy atom. The number of carbonyl (C=O) groups excluding carboxylic acids is 1. The molecule has 0 saturated carbocycles. The van der Waals surface area contributed by atoms with Crippen molar-refractivity contribution < 1.29 is 9.72 Å². The van der Waals surface area contributed by atoms with E-state index in [0.29, 0.717) is 16.5 Å². The number of hydrogen-bond donors (Lipinski definition) is 1. The van der Waals surface area contributed by atoms with Crippen molar-refractivity contribution in [3.05, 3.63) is 99.3 Å². The Bertz CT molecular complexity index is 1280. The van der Waals surface area contributed by atoms with Gasteiger partial charge in [0.25, 0.3) is 11.6 Å². The lowest BCUT2D eigenvalue weighted by molar-refractivity contribution is -0.384. The number of anilines is 1. The first-order chi connectivity index (χ1) is 14.9. The number of nitro groups is 1. The molecule has 9 heteroatoms. The van der Waals surface area contributed by atoms with Crippen LogP contribution in [-0.4, -0.2) is 25.6 Å². The number of amides is 1. The van der Waals surface area contributed by atoms with Crippen LogP contribution in [0.2, 0.25) is 5.02 Å². The second-order valence-corrected chi connectivity index (χ2v) is 7.21. The molecule has 0 aliphatic heterocycles. The molecule has 0 aliphatic rings. The number of carbonyl (C=O) groups is 1. The van der Waals surface area contributed by atoms with Crippen LogP contribution in [0.3, 0.4) is 0 Å². The molecule has 0 aliphatic carbocycles. The summed E-state index contributed by atoms with van der Waals surface area (Å²) in [5.41, 5.74) is 2.66. The Hall–Kier alpha value is -4.04. The molecule has 0 atom stereocenters. The molecule has 4 rings (SSSR count). The second-order valence-electron chi connectivity index (χ2n) is 6.78. The third kappa shape index (κ3) is 4.44. The van der Waals surface area contributed by atoms with E-state index < -0.39 is 10.8 Å². The van der Waals surface area contributed by atoms with Crippen LogP contribution in [-0.2, 0) is 0 Å². The molecule has 1 amide bonds. The summed E-state index contributed by atoms with van der Waals surface area (Å²) in [6.07, 6.45) is 0. The van der Waals surface area contributed by atoms with E-state index in [4.69, 9.17) is 11.6 Å². The smallest absolute Gasteiger partial charge is 0.295 e. The number of aromatic nitrogens is 3. The number of non-ortho nitro benzene ring substituents is 1.